The molecule has 8 nitrogen and oxygen atoms in total. The molecule has 0 unspecified atom stereocenters. The average molecular weight is 567 g/mol. The van der Waals surface area contributed by atoms with Crippen molar-refractivity contribution in [2.45, 2.75) is 63.6 Å². The largest absolute Gasteiger partial charge is 0.395 e. The highest BCUT2D eigenvalue weighted by molar-refractivity contribution is 7.19. The van der Waals surface area contributed by atoms with Crippen molar-refractivity contribution in [2.24, 2.45) is 5.92 Å². The third-order valence-electron chi connectivity index (χ3n) is 8.96. The quantitative estimate of drug-likeness (QED) is 0.369. The third-order valence-corrected chi connectivity index (χ3v) is 10.1. The first-order valence-corrected chi connectivity index (χ1v) is 15.2. The zero-order valence-corrected chi connectivity index (χ0v) is 24.4. The fraction of sp³-hybridized carbons (Fsp3) is 0.438. The Balaban J connectivity index is 1.32. The number of aliphatic hydroxyl groups is 1. The maximum atomic E-state index is 12.9. The molecule has 1 aromatic carbocycles. The molecule has 1 saturated carbocycles. The number of anilines is 1. The summed E-state index contributed by atoms with van der Waals surface area (Å²) in [6, 6.07) is 12.7. The summed E-state index contributed by atoms with van der Waals surface area (Å²) in [5.74, 6) is 1.13. The van der Waals surface area contributed by atoms with Crippen LogP contribution in [0.25, 0.3) is 21.3 Å². The molecule has 1 saturated heterocycles. The molecule has 9 heteroatoms. The van der Waals surface area contributed by atoms with Crippen LogP contribution in [0.4, 0.5) is 5.69 Å². The fourth-order valence-corrected chi connectivity index (χ4v) is 7.72. The summed E-state index contributed by atoms with van der Waals surface area (Å²) < 4.78 is 2.56. The van der Waals surface area contributed by atoms with Crippen LogP contribution in [0.1, 0.15) is 61.1 Å². The van der Waals surface area contributed by atoms with Gasteiger partial charge in [-0.2, -0.15) is 10.4 Å². The summed E-state index contributed by atoms with van der Waals surface area (Å²) in [5, 5.41) is 27.7. The number of thiophene rings is 1. The Morgan fingerprint density at radius 3 is 2.78 bits per heavy atom. The highest BCUT2D eigenvalue weighted by Gasteiger charge is 2.48. The van der Waals surface area contributed by atoms with E-state index in [1.165, 1.54) is 15.9 Å². The summed E-state index contributed by atoms with van der Waals surface area (Å²) in [4.78, 5) is 21.1. The van der Waals surface area contributed by atoms with Gasteiger partial charge in [0.25, 0.3) is 5.56 Å². The predicted octanol–water partition coefficient (Wildman–Crippen LogP) is 4.38. The van der Waals surface area contributed by atoms with Crippen LogP contribution >= 0.6 is 11.3 Å². The second-order valence-electron chi connectivity index (χ2n) is 12.8. The van der Waals surface area contributed by atoms with Crippen molar-refractivity contribution in [3.8, 4) is 17.2 Å². The molecule has 2 N–H and O–H groups in total. The Morgan fingerprint density at radius 2 is 2.05 bits per heavy atom. The van der Waals surface area contributed by atoms with Gasteiger partial charge in [-0.25, -0.2) is 4.68 Å². The number of hydrogen-bond donors (Lipinski definition) is 2. The topological polar surface area (TPSA) is 107 Å². The molecule has 7 rings (SSSR count). The average Bonchev–Trinajstić information content (AvgIpc) is 3.38. The van der Waals surface area contributed by atoms with Gasteiger partial charge in [0.05, 0.1) is 41.2 Å². The van der Waals surface area contributed by atoms with Crippen molar-refractivity contribution < 1.29 is 5.11 Å². The lowest BCUT2D eigenvalue weighted by Gasteiger charge is -2.37. The Labute approximate surface area is 243 Å². The van der Waals surface area contributed by atoms with Crippen LogP contribution in [-0.2, 0) is 12.0 Å². The zero-order valence-electron chi connectivity index (χ0n) is 23.6. The second-order valence-corrected chi connectivity index (χ2v) is 13.9. The second kappa shape index (κ2) is 9.76. The lowest BCUT2D eigenvalue weighted by atomic mass is 9.89. The van der Waals surface area contributed by atoms with Crippen LogP contribution in [-0.4, -0.2) is 51.7 Å². The molecule has 4 aromatic rings. The highest BCUT2D eigenvalue weighted by Crippen LogP contribution is 2.58. The summed E-state index contributed by atoms with van der Waals surface area (Å²) in [7, 11) is 0. The molecule has 3 aliphatic rings. The maximum Gasteiger partial charge on any atom is 0.267 e. The molecule has 4 atom stereocenters. The lowest BCUT2D eigenvalue weighted by molar-refractivity contribution is 0.254. The zero-order chi connectivity index (χ0) is 28.5. The number of benzene rings is 1. The Hall–Kier alpha value is -3.58. The van der Waals surface area contributed by atoms with Gasteiger partial charge in [-0.05, 0) is 65.5 Å². The van der Waals surface area contributed by atoms with E-state index in [9.17, 15) is 15.2 Å². The van der Waals surface area contributed by atoms with E-state index in [-0.39, 0.29) is 23.6 Å². The highest BCUT2D eigenvalue weighted by atomic mass is 32.1. The van der Waals surface area contributed by atoms with Gasteiger partial charge in [-0.15, -0.1) is 11.3 Å². The summed E-state index contributed by atoms with van der Waals surface area (Å²) in [6.45, 7) is 8.59. The van der Waals surface area contributed by atoms with Crippen LogP contribution in [0.5, 0.6) is 0 Å². The van der Waals surface area contributed by atoms with E-state index in [4.69, 9.17) is 0 Å². The van der Waals surface area contributed by atoms with Gasteiger partial charge < -0.3 is 15.3 Å². The fourth-order valence-electron chi connectivity index (χ4n) is 6.60. The van der Waals surface area contributed by atoms with Crippen molar-refractivity contribution in [1.29, 1.82) is 5.26 Å². The standard InChI is InChI=1S/C32H34N6O2S/c1-32(2,3)20-9-29(40)38(36-13-20)16-23-11-28-31(41-23)24(4-5-34-28)26-6-18(12-33)7-27-25-8-19(25)15-37(30(26)27)22-10-21(17-39)35-14-22/h4-7,9,11,13,19,21-22,25,35,39H,8,10,14-17H2,1-3H3/t19-,21+,22-,25-/m0/s1. The van der Waals surface area contributed by atoms with E-state index in [0.29, 0.717) is 30.0 Å². The number of fused-ring (bicyclic) bond motifs is 4. The van der Waals surface area contributed by atoms with E-state index >= 15 is 0 Å². The smallest absolute Gasteiger partial charge is 0.267 e. The van der Waals surface area contributed by atoms with E-state index in [1.807, 2.05) is 12.3 Å². The van der Waals surface area contributed by atoms with Crippen molar-refractivity contribution in [3.63, 3.8) is 0 Å². The van der Waals surface area contributed by atoms with Crippen molar-refractivity contribution in [1.82, 2.24) is 20.1 Å². The molecule has 0 spiro atoms. The molecule has 2 fully saturated rings. The molecule has 3 aromatic heterocycles. The monoisotopic (exact) mass is 566 g/mol. The molecule has 5 heterocycles. The Morgan fingerprint density at radius 1 is 1.20 bits per heavy atom. The molecule has 2 aliphatic heterocycles. The van der Waals surface area contributed by atoms with Gasteiger partial charge in [-0.1, -0.05) is 20.8 Å². The van der Waals surface area contributed by atoms with E-state index < -0.39 is 0 Å². The van der Waals surface area contributed by atoms with Crippen LogP contribution < -0.4 is 15.8 Å². The minimum Gasteiger partial charge on any atom is -0.395 e. The molecular weight excluding hydrogens is 532 g/mol. The van der Waals surface area contributed by atoms with Gasteiger partial charge in [0.2, 0.25) is 0 Å². The van der Waals surface area contributed by atoms with E-state index in [0.717, 1.165) is 57.7 Å². The number of hydrogen-bond acceptors (Lipinski definition) is 8. The van der Waals surface area contributed by atoms with Crippen molar-refractivity contribution >= 4 is 27.2 Å². The first-order chi connectivity index (χ1) is 19.7. The lowest BCUT2D eigenvalue weighted by Crippen LogP contribution is -2.41. The predicted molar refractivity (Wildman–Crippen MR) is 162 cm³/mol. The van der Waals surface area contributed by atoms with Gasteiger partial charge in [0.1, 0.15) is 0 Å². The molecule has 0 bridgehead atoms. The number of nitriles is 1. The van der Waals surface area contributed by atoms with Crippen LogP contribution in [0.3, 0.4) is 0 Å². The summed E-state index contributed by atoms with van der Waals surface area (Å²) in [6.07, 6.45) is 5.69. The first-order valence-electron chi connectivity index (χ1n) is 14.4. The Kier molecular flexibility index (Phi) is 6.27. The number of rotatable bonds is 5. The number of pyridine rings is 1. The first kappa shape index (κ1) is 26.3. The van der Waals surface area contributed by atoms with Crippen LogP contribution in [0, 0.1) is 17.2 Å². The number of nitrogens with zero attached hydrogens (tertiary/aromatic N) is 5. The number of aromatic nitrogens is 3. The Bertz CT molecular complexity index is 1760. The normalized spacial score (nSPS) is 23.3. The molecule has 210 valence electrons. The molecule has 0 amide bonds. The SMILES string of the molecule is CC(C)(C)c1cnn(Cc2cc3nccc(-c4cc(C#N)cc5c4N([C@@H]4CN[C@@H](CO)C4)C[C@@H]4C[C@H]54)c3s2)c(=O)c1. The number of nitrogens with one attached hydrogen (secondary N) is 1. The molecule has 0 radical (unpaired) electrons. The maximum absolute atomic E-state index is 12.9. The van der Waals surface area contributed by atoms with Crippen LogP contribution in [0.15, 0.2) is 47.5 Å². The third kappa shape index (κ3) is 4.64. The minimum atomic E-state index is -0.138. The number of aliphatic hydroxyl groups excluding tert-OH is 1. The summed E-state index contributed by atoms with van der Waals surface area (Å²) >= 11 is 1.64. The van der Waals surface area contributed by atoms with Crippen molar-refractivity contribution in [3.05, 3.63) is 74.6 Å². The molecule has 41 heavy (non-hydrogen) atoms. The van der Waals surface area contributed by atoms with Gasteiger partial charge >= 0.3 is 0 Å². The summed E-state index contributed by atoms with van der Waals surface area (Å²) in [5.41, 5.74) is 6.88. The molecule has 1 aliphatic carbocycles. The van der Waals surface area contributed by atoms with Gasteiger partial charge in [0.15, 0.2) is 0 Å². The van der Waals surface area contributed by atoms with Crippen molar-refractivity contribution in [2.75, 3.05) is 24.6 Å². The van der Waals surface area contributed by atoms with Gasteiger partial charge in [0, 0.05) is 59.1 Å². The van der Waals surface area contributed by atoms with E-state index in [2.05, 4.69) is 65.3 Å². The van der Waals surface area contributed by atoms with Gasteiger partial charge in [-0.3, -0.25) is 9.78 Å². The minimum absolute atomic E-state index is 0.111. The van der Waals surface area contributed by atoms with Crippen LogP contribution in [0.2, 0.25) is 0 Å². The molecular formula is C32H34N6O2S. The van der Waals surface area contributed by atoms with E-state index in [1.54, 1.807) is 23.6 Å².